The average Bonchev–Trinajstić information content (AvgIpc) is 2.54. The van der Waals surface area contributed by atoms with Gasteiger partial charge in [0.15, 0.2) is 11.7 Å². The number of benzene rings is 1. The van der Waals surface area contributed by atoms with Crippen LogP contribution in [0.3, 0.4) is 0 Å². The number of fused-ring (bicyclic) bond motifs is 1. The number of aromatic nitrogens is 1. The second kappa shape index (κ2) is 5.13. The predicted molar refractivity (Wildman–Crippen MR) is 77.8 cm³/mol. The van der Waals surface area contributed by atoms with Crippen molar-refractivity contribution in [2.75, 3.05) is 5.01 Å². The third-order valence-corrected chi connectivity index (χ3v) is 3.03. The van der Waals surface area contributed by atoms with Crippen molar-refractivity contribution < 1.29 is 4.79 Å². The van der Waals surface area contributed by atoms with Gasteiger partial charge in [0.1, 0.15) is 5.69 Å². The maximum Gasteiger partial charge on any atom is 0.246 e. The molecule has 0 saturated heterocycles. The minimum Gasteiger partial charge on any atom is -0.273 e. The normalized spacial score (nSPS) is 13.2. The first-order valence-corrected chi connectivity index (χ1v) is 6.48. The zero-order valence-electron chi connectivity index (χ0n) is 11.1. The van der Waals surface area contributed by atoms with Crippen LogP contribution in [0.2, 0.25) is 0 Å². The number of aliphatic imine (C=N–C) groups is 1. The first-order valence-electron chi connectivity index (χ1n) is 6.48. The number of anilines is 1. The number of nitrogens with zero attached hydrogens (tertiary/aromatic N) is 3. The number of carbonyl (C=O) groups is 1. The Morgan fingerprint density at radius 3 is 2.75 bits per heavy atom. The lowest BCUT2D eigenvalue weighted by atomic mass is 10.2. The van der Waals surface area contributed by atoms with Gasteiger partial charge in [0.25, 0.3) is 0 Å². The van der Waals surface area contributed by atoms with Gasteiger partial charge in [0, 0.05) is 18.2 Å². The molecule has 3 rings (SSSR count). The lowest BCUT2D eigenvalue weighted by Gasteiger charge is -2.28. The molecule has 0 fully saturated rings. The van der Waals surface area contributed by atoms with E-state index in [1.54, 1.807) is 6.20 Å². The third kappa shape index (κ3) is 2.14. The maximum absolute atomic E-state index is 12.1. The Labute approximate surface area is 116 Å². The van der Waals surface area contributed by atoms with Crippen LogP contribution in [-0.2, 0) is 4.79 Å². The summed E-state index contributed by atoms with van der Waals surface area (Å²) in [4.78, 5) is 20.8. The van der Waals surface area contributed by atoms with Crippen molar-refractivity contribution in [1.82, 2.24) is 10.4 Å². The molecule has 100 valence electrons. The summed E-state index contributed by atoms with van der Waals surface area (Å²) < 4.78 is 0. The fraction of sp³-hybridized carbons (Fsp3) is 0.133. The molecular formula is C15H14N4O. The molecule has 1 N–H and O–H groups in total. The first-order chi connectivity index (χ1) is 9.79. The van der Waals surface area contributed by atoms with Gasteiger partial charge in [0.05, 0.1) is 0 Å². The van der Waals surface area contributed by atoms with E-state index in [2.05, 4.69) is 15.4 Å². The Kier molecular flexibility index (Phi) is 3.16. The molecule has 0 bridgehead atoms. The van der Waals surface area contributed by atoms with Gasteiger partial charge in [-0.2, -0.15) is 0 Å². The Morgan fingerprint density at radius 1 is 1.20 bits per heavy atom. The van der Waals surface area contributed by atoms with E-state index in [4.69, 9.17) is 0 Å². The number of pyridine rings is 1. The summed E-state index contributed by atoms with van der Waals surface area (Å²) in [5.41, 5.74) is 4.66. The Bertz CT molecular complexity index is 667. The van der Waals surface area contributed by atoms with E-state index in [1.165, 1.54) is 5.01 Å². The van der Waals surface area contributed by atoms with Crippen LogP contribution in [0.4, 0.5) is 11.5 Å². The van der Waals surface area contributed by atoms with Gasteiger partial charge in [-0.3, -0.25) is 10.2 Å². The molecule has 0 atom stereocenters. The molecule has 1 aromatic carbocycles. The minimum atomic E-state index is -0.0479. The molecule has 5 heteroatoms. The van der Waals surface area contributed by atoms with Crippen LogP contribution in [0.25, 0.3) is 0 Å². The fourth-order valence-corrected chi connectivity index (χ4v) is 2.02. The van der Waals surface area contributed by atoms with Crippen molar-refractivity contribution in [2.24, 2.45) is 4.99 Å². The standard InChI is InChI=1S/C15H14N4O/c1-2-13(20)19-15-12(9-6-10-16-15)17-14(18-19)11-7-4-3-5-8-11/h3-10H,2H2,1H3,(H,17,18). The van der Waals surface area contributed by atoms with Crippen molar-refractivity contribution in [2.45, 2.75) is 13.3 Å². The number of amides is 1. The van der Waals surface area contributed by atoms with Gasteiger partial charge in [-0.1, -0.05) is 37.3 Å². The van der Waals surface area contributed by atoms with Crippen LogP contribution >= 0.6 is 0 Å². The summed E-state index contributed by atoms with van der Waals surface area (Å²) >= 11 is 0. The average molecular weight is 266 g/mol. The van der Waals surface area contributed by atoms with Crippen molar-refractivity contribution >= 4 is 23.2 Å². The van der Waals surface area contributed by atoms with E-state index >= 15 is 0 Å². The van der Waals surface area contributed by atoms with Gasteiger partial charge in [0.2, 0.25) is 5.91 Å². The molecule has 2 heterocycles. The van der Waals surface area contributed by atoms with Gasteiger partial charge >= 0.3 is 0 Å². The van der Waals surface area contributed by atoms with Crippen LogP contribution in [-0.4, -0.2) is 16.7 Å². The molecule has 0 unspecified atom stereocenters. The lowest BCUT2D eigenvalue weighted by molar-refractivity contribution is -0.118. The Morgan fingerprint density at radius 2 is 2.00 bits per heavy atom. The van der Waals surface area contributed by atoms with E-state index in [9.17, 15) is 4.79 Å². The number of nitrogens with one attached hydrogen (secondary N) is 1. The highest BCUT2D eigenvalue weighted by Crippen LogP contribution is 2.29. The van der Waals surface area contributed by atoms with E-state index in [0.29, 0.717) is 23.8 Å². The van der Waals surface area contributed by atoms with Crippen molar-refractivity contribution in [3.8, 4) is 0 Å². The molecule has 0 aliphatic carbocycles. The molecule has 1 amide bonds. The largest absolute Gasteiger partial charge is 0.273 e. The zero-order chi connectivity index (χ0) is 13.9. The van der Waals surface area contributed by atoms with Crippen molar-refractivity contribution in [1.29, 1.82) is 0 Å². The first kappa shape index (κ1) is 12.3. The van der Waals surface area contributed by atoms with Gasteiger partial charge in [-0.15, -0.1) is 0 Å². The number of amidine groups is 1. The number of hydrogen-bond donors (Lipinski definition) is 1. The number of hydrogen-bond acceptors (Lipinski definition) is 4. The second-order valence-corrected chi connectivity index (χ2v) is 4.37. The molecule has 1 aromatic heterocycles. The van der Waals surface area contributed by atoms with Gasteiger partial charge in [-0.25, -0.2) is 15.0 Å². The SMILES string of the molecule is CCC(=O)N1NC(c2ccccc2)=Nc2cccnc21. The van der Waals surface area contributed by atoms with Crippen LogP contribution in [0.5, 0.6) is 0 Å². The fourth-order valence-electron chi connectivity index (χ4n) is 2.02. The quantitative estimate of drug-likeness (QED) is 0.908. The zero-order valence-corrected chi connectivity index (χ0v) is 11.1. The lowest BCUT2D eigenvalue weighted by Crippen LogP contribution is -2.48. The molecule has 1 aliphatic rings. The summed E-state index contributed by atoms with van der Waals surface area (Å²) in [6, 6.07) is 13.4. The summed E-state index contributed by atoms with van der Waals surface area (Å²) in [6.45, 7) is 1.82. The monoisotopic (exact) mass is 266 g/mol. The van der Waals surface area contributed by atoms with Gasteiger partial charge < -0.3 is 0 Å². The molecule has 1 aliphatic heterocycles. The Balaban J connectivity index is 2.08. The van der Waals surface area contributed by atoms with Crippen LogP contribution in [0.15, 0.2) is 53.7 Å². The van der Waals surface area contributed by atoms with E-state index in [1.807, 2.05) is 49.4 Å². The molecule has 0 saturated carbocycles. The van der Waals surface area contributed by atoms with Gasteiger partial charge in [-0.05, 0) is 12.1 Å². The number of carbonyl (C=O) groups excluding carboxylic acids is 1. The highest BCUT2D eigenvalue weighted by atomic mass is 16.2. The highest BCUT2D eigenvalue weighted by Gasteiger charge is 2.24. The van der Waals surface area contributed by atoms with Crippen LogP contribution in [0, 0.1) is 0 Å². The summed E-state index contributed by atoms with van der Waals surface area (Å²) in [5.74, 6) is 1.14. The van der Waals surface area contributed by atoms with E-state index in [0.717, 1.165) is 5.56 Å². The van der Waals surface area contributed by atoms with E-state index in [-0.39, 0.29) is 5.91 Å². The van der Waals surface area contributed by atoms with Crippen molar-refractivity contribution in [3.63, 3.8) is 0 Å². The highest BCUT2D eigenvalue weighted by molar-refractivity contribution is 6.08. The maximum atomic E-state index is 12.1. The molecule has 2 aromatic rings. The topological polar surface area (TPSA) is 57.6 Å². The summed E-state index contributed by atoms with van der Waals surface area (Å²) in [5, 5.41) is 1.46. The summed E-state index contributed by atoms with van der Waals surface area (Å²) in [6.07, 6.45) is 2.05. The summed E-state index contributed by atoms with van der Waals surface area (Å²) in [7, 11) is 0. The Hall–Kier alpha value is -2.69. The molecule has 5 nitrogen and oxygen atoms in total. The molecular weight excluding hydrogens is 252 g/mol. The third-order valence-electron chi connectivity index (χ3n) is 3.03. The van der Waals surface area contributed by atoms with Crippen LogP contribution < -0.4 is 10.4 Å². The molecule has 0 spiro atoms. The van der Waals surface area contributed by atoms with Crippen molar-refractivity contribution in [3.05, 3.63) is 54.2 Å². The second-order valence-electron chi connectivity index (χ2n) is 4.37. The smallest absolute Gasteiger partial charge is 0.246 e. The number of hydrazine groups is 1. The predicted octanol–water partition coefficient (Wildman–Crippen LogP) is 2.42. The number of rotatable bonds is 2. The molecule has 0 radical (unpaired) electrons. The molecule has 20 heavy (non-hydrogen) atoms. The van der Waals surface area contributed by atoms with E-state index < -0.39 is 0 Å². The van der Waals surface area contributed by atoms with Crippen LogP contribution in [0.1, 0.15) is 18.9 Å². The minimum absolute atomic E-state index is 0.0479.